The molecule has 4 heteroatoms. The van der Waals surface area contributed by atoms with Crippen LogP contribution < -0.4 is 10.1 Å². The minimum Gasteiger partial charge on any atom is -0.492 e. The van der Waals surface area contributed by atoms with Crippen LogP contribution in [0.2, 0.25) is 0 Å². The van der Waals surface area contributed by atoms with E-state index in [4.69, 9.17) is 4.74 Å². The Balaban J connectivity index is 2.33. The molecule has 4 nitrogen and oxygen atoms in total. The van der Waals surface area contributed by atoms with E-state index < -0.39 is 0 Å². The molecular formula is C17H23NO3. The molecule has 21 heavy (non-hydrogen) atoms. The summed E-state index contributed by atoms with van der Waals surface area (Å²) in [6, 6.07) is 1.82. The zero-order valence-electron chi connectivity index (χ0n) is 13.4. The number of fused-ring (bicyclic) bond motifs is 1. The van der Waals surface area contributed by atoms with Gasteiger partial charge in [0.2, 0.25) is 5.91 Å². The second kappa shape index (κ2) is 5.51. The Morgan fingerprint density at radius 3 is 2.62 bits per heavy atom. The minimum atomic E-state index is -0.0629. The number of nitrogens with one attached hydrogen (secondary N) is 1. The maximum atomic E-state index is 12.1. The van der Waals surface area contributed by atoms with Crippen LogP contribution in [0.4, 0.5) is 5.69 Å². The fraction of sp³-hybridized carbons (Fsp3) is 0.529. The first-order valence-electron chi connectivity index (χ1n) is 7.29. The van der Waals surface area contributed by atoms with E-state index in [2.05, 4.69) is 5.32 Å². The number of benzene rings is 1. The fourth-order valence-electron chi connectivity index (χ4n) is 2.60. The van der Waals surface area contributed by atoms with E-state index in [0.29, 0.717) is 30.8 Å². The van der Waals surface area contributed by atoms with Gasteiger partial charge in [-0.2, -0.15) is 0 Å². The van der Waals surface area contributed by atoms with Gasteiger partial charge in [0.25, 0.3) is 0 Å². The van der Waals surface area contributed by atoms with Gasteiger partial charge in [0.05, 0.1) is 17.9 Å². The molecule has 1 aliphatic heterocycles. The highest BCUT2D eigenvalue weighted by Gasteiger charge is 2.24. The van der Waals surface area contributed by atoms with Crippen LogP contribution in [0.1, 0.15) is 55.1 Å². The van der Waals surface area contributed by atoms with Crippen LogP contribution in [0.25, 0.3) is 0 Å². The summed E-state index contributed by atoms with van der Waals surface area (Å²) in [4.78, 5) is 24.1. The molecule has 0 saturated heterocycles. The van der Waals surface area contributed by atoms with Gasteiger partial charge in [-0.25, -0.2) is 0 Å². The van der Waals surface area contributed by atoms with Gasteiger partial charge in [-0.05, 0) is 30.9 Å². The van der Waals surface area contributed by atoms with Crippen molar-refractivity contribution in [2.45, 2.75) is 47.5 Å². The second-order valence-electron chi connectivity index (χ2n) is 6.88. The molecular weight excluding hydrogens is 266 g/mol. The fourth-order valence-corrected chi connectivity index (χ4v) is 2.60. The summed E-state index contributed by atoms with van der Waals surface area (Å²) < 4.78 is 5.63. The molecule has 1 N–H and O–H groups in total. The Hall–Kier alpha value is -1.84. The standard InChI is InChI=1S/C17H23NO3/c1-10-8-12-13(19)6-7-21-16(12)11(2)15(10)18-14(20)9-17(3,4)5/h8H,6-7,9H2,1-5H3,(H,18,20). The van der Waals surface area contributed by atoms with E-state index in [1.165, 1.54) is 0 Å². The number of hydrogen-bond acceptors (Lipinski definition) is 3. The summed E-state index contributed by atoms with van der Waals surface area (Å²) in [7, 11) is 0. The highest BCUT2D eigenvalue weighted by atomic mass is 16.5. The average Bonchev–Trinajstić information content (AvgIpc) is 2.34. The van der Waals surface area contributed by atoms with Crippen LogP contribution in [0.3, 0.4) is 0 Å². The SMILES string of the molecule is Cc1cc2c(c(C)c1NC(=O)CC(C)(C)C)OCCC2=O. The van der Waals surface area contributed by atoms with Crippen molar-refractivity contribution < 1.29 is 14.3 Å². The molecule has 1 heterocycles. The van der Waals surface area contributed by atoms with Crippen LogP contribution in [0.15, 0.2) is 6.07 Å². The first kappa shape index (κ1) is 15.5. The van der Waals surface area contributed by atoms with Gasteiger partial charge in [-0.15, -0.1) is 0 Å². The summed E-state index contributed by atoms with van der Waals surface area (Å²) in [6.07, 6.45) is 0.865. The van der Waals surface area contributed by atoms with Gasteiger partial charge in [0.1, 0.15) is 5.75 Å². The number of aryl methyl sites for hydroxylation is 1. The lowest BCUT2D eigenvalue weighted by Crippen LogP contribution is -2.22. The highest BCUT2D eigenvalue weighted by molar-refractivity contribution is 6.02. The van der Waals surface area contributed by atoms with Crippen molar-refractivity contribution in [3.05, 3.63) is 22.8 Å². The molecule has 0 aromatic heterocycles. The minimum absolute atomic E-state index is 0.0178. The molecule has 0 atom stereocenters. The molecule has 114 valence electrons. The number of ketones is 1. The van der Waals surface area contributed by atoms with Gasteiger partial charge in [0.15, 0.2) is 5.78 Å². The molecule has 1 aliphatic rings. The number of amides is 1. The number of Topliss-reactive ketones (excluding diaryl/α,β-unsaturated/α-hetero) is 1. The number of ether oxygens (including phenoxy) is 1. The second-order valence-corrected chi connectivity index (χ2v) is 6.88. The number of hydrogen-bond donors (Lipinski definition) is 1. The van der Waals surface area contributed by atoms with E-state index >= 15 is 0 Å². The molecule has 2 rings (SSSR count). The van der Waals surface area contributed by atoms with Crippen LogP contribution in [-0.4, -0.2) is 18.3 Å². The zero-order chi connectivity index (χ0) is 15.8. The number of carbonyl (C=O) groups is 2. The first-order chi connectivity index (χ1) is 9.69. The summed E-state index contributed by atoms with van der Waals surface area (Å²) in [5.74, 6) is 0.703. The van der Waals surface area contributed by atoms with Crippen molar-refractivity contribution in [1.82, 2.24) is 0 Å². The lowest BCUT2D eigenvalue weighted by molar-refractivity contribution is -0.117. The highest BCUT2D eigenvalue weighted by Crippen LogP contribution is 2.36. The first-order valence-corrected chi connectivity index (χ1v) is 7.29. The van der Waals surface area contributed by atoms with Gasteiger partial charge in [0, 0.05) is 18.4 Å². The maximum absolute atomic E-state index is 12.1. The van der Waals surface area contributed by atoms with Gasteiger partial charge >= 0.3 is 0 Å². The van der Waals surface area contributed by atoms with Crippen LogP contribution >= 0.6 is 0 Å². The quantitative estimate of drug-likeness (QED) is 0.904. The monoisotopic (exact) mass is 289 g/mol. The molecule has 0 fully saturated rings. The van der Waals surface area contributed by atoms with Crippen molar-refractivity contribution in [3.8, 4) is 5.75 Å². The molecule has 0 unspecified atom stereocenters. The van der Waals surface area contributed by atoms with Crippen LogP contribution in [-0.2, 0) is 4.79 Å². The predicted molar refractivity (Wildman–Crippen MR) is 83.1 cm³/mol. The Kier molecular flexibility index (Phi) is 4.08. The van der Waals surface area contributed by atoms with Gasteiger partial charge < -0.3 is 10.1 Å². The lowest BCUT2D eigenvalue weighted by atomic mass is 9.91. The third-order valence-corrected chi connectivity index (χ3v) is 3.55. The maximum Gasteiger partial charge on any atom is 0.224 e. The third kappa shape index (κ3) is 3.43. The van der Waals surface area contributed by atoms with E-state index in [-0.39, 0.29) is 17.1 Å². The molecule has 1 aromatic rings. The Morgan fingerprint density at radius 2 is 2.00 bits per heavy atom. The molecule has 1 aromatic carbocycles. The van der Waals surface area contributed by atoms with Crippen molar-refractivity contribution >= 4 is 17.4 Å². The van der Waals surface area contributed by atoms with E-state index in [9.17, 15) is 9.59 Å². The van der Waals surface area contributed by atoms with E-state index in [1.54, 1.807) is 0 Å². The van der Waals surface area contributed by atoms with Crippen molar-refractivity contribution in [2.24, 2.45) is 5.41 Å². The Morgan fingerprint density at radius 1 is 1.33 bits per heavy atom. The molecule has 0 saturated carbocycles. The smallest absolute Gasteiger partial charge is 0.224 e. The average molecular weight is 289 g/mol. The molecule has 1 amide bonds. The van der Waals surface area contributed by atoms with Gasteiger partial charge in [-0.1, -0.05) is 20.8 Å². The van der Waals surface area contributed by atoms with Crippen molar-refractivity contribution in [1.29, 1.82) is 0 Å². The Labute approximate surface area is 125 Å². The number of carbonyl (C=O) groups excluding carboxylic acids is 2. The molecule has 0 spiro atoms. The van der Waals surface area contributed by atoms with E-state index in [0.717, 1.165) is 16.8 Å². The molecule has 0 radical (unpaired) electrons. The number of rotatable bonds is 2. The summed E-state index contributed by atoms with van der Waals surface area (Å²) in [5.41, 5.74) is 3.06. The third-order valence-electron chi connectivity index (χ3n) is 3.55. The molecule has 0 bridgehead atoms. The van der Waals surface area contributed by atoms with Crippen LogP contribution in [0.5, 0.6) is 5.75 Å². The van der Waals surface area contributed by atoms with Crippen molar-refractivity contribution in [3.63, 3.8) is 0 Å². The summed E-state index contributed by atoms with van der Waals surface area (Å²) in [6.45, 7) is 10.3. The molecule has 0 aliphatic carbocycles. The normalized spacial score (nSPS) is 14.4. The van der Waals surface area contributed by atoms with E-state index in [1.807, 2.05) is 40.7 Å². The summed E-state index contributed by atoms with van der Waals surface area (Å²) in [5, 5.41) is 2.97. The van der Waals surface area contributed by atoms with Crippen molar-refractivity contribution in [2.75, 3.05) is 11.9 Å². The Bertz CT molecular complexity index is 597. The van der Waals surface area contributed by atoms with Gasteiger partial charge in [-0.3, -0.25) is 9.59 Å². The number of anilines is 1. The predicted octanol–water partition coefficient (Wildman–Crippen LogP) is 3.64. The van der Waals surface area contributed by atoms with Crippen LogP contribution in [0, 0.1) is 19.3 Å². The lowest BCUT2D eigenvalue weighted by Gasteiger charge is -2.23. The zero-order valence-corrected chi connectivity index (χ0v) is 13.4. The topological polar surface area (TPSA) is 55.4 Å². The summed E-state index contributed by atoms with van der Waals surface area (Å²) >= 11 is 0. The largest absolute Gasteiger partial charge is 0.492 e.